The molecule has 11 atom stereocenters. The second-order valence-corrected chi connectivity index (χ2v) is 16.8. The van der Waals surface area contributed by atoms with Crippen molar-refractivity contribution in [3.05, 3.63) is 172 Å². The molecule has 0 aromatic heterocycles. The minimum Gasteiger partial charge on any atom is -0.387 e. The van der Waals surface area contributed by atoms with E-state index < -0.39 is 78.6 Å². The highest BCUT2D eigenvalue weighted by atomic mass is 35.5. The number of aliphatic hydroxyl groups excluding tert-OH is 2. The summed E-state index contributed by atoms with van der Waals surface area (Å²) in [7, 11) is 0. The number of aliphatic hydroxyl groups is 2. The van der Waals surface area contributed by atoms with Gasteiger partial charge in [0.1, 0.15) is 54.2 Å². The third kappa shape index (κ3) is 9.06. The van der Waals surface area contributed by atoms with Crippen LogP contribution in [-0.2, 0) is 46.4 Å². The van der Waals surface area contributed by atoms with Gasteiger partial charge >= 0.3 is 0 Å². The van der Waals surface area contributed by atoms with Gasteiger partial charge in [0, 0.05) is 15.5 Å². The average molecular weight is 866 g/mol. The SMILES string of the molecule is O=C1c2ccccc2C(=O)N1[C@@H]1[C@@H](OCc2ccccc2)[C@H](O[C@@H]2O[C@@H]3CO[C@H](c4ccccc4)O[C@@H]3[C@H](O)[C@H]2O)[C@@H](COCc2ccccc2)O[C@H]1Sc1ccc(Cl)cc1. The summed E-state index contributed by atoms with van der Waals surface area (Å²) in [6.07, 6.45) is -10.2. The predicted molar refractivity (Wildman–Crippen MR) is 223 cm³/mol. The molecule has 12 nitrogen and oxygen atoms in total. The number of halogens is 1. The second kappa shape index (κ2) is 18.9. The molecule has 61 heavy (non-hydrogen) atoms. The molecule has 0 unspecified atom stereocenters. The maximum absolute atomic E-state index is 14.4. The fraction of sp³-hybridized carbons (Fsp3) is 0.319. The Morgan fingerprint density at radius 3 is 1.95 bits per heavy atom. The van der Waals surface area contributed by atoms with Crippen LogP contribution in [0.5, 0.6) is 0 Å². The molecule has 3 saturated heterocycles. The lowest BCUT2D eigenvalue weighted by atomic mass is 9.94. The standard InChI is InChI=1S/C47H44ClNO11S/c48-31-20-22-32(23-21-31)61-47-37(49-43(52)33-18-10-11-19-34(33)44(49)53)42(55-25-29-14-6-2-7-15-29)41(35(58-47)26-54-24-28-12-4-1-5-13-28)60-46-39(51)38(50)40-36(57-46)27-56-45(59-40)30-16-8-3-9-17-30/h1-23,35-42,45-47,50-51H,24-27H2/t35-,36-,37-,38-,39-,40+,41-,42-,45+,46+,47+/m1/s1. The van der Waals surface area contributed by atoms with Gasteiger partial charge in [0.05, 0.1) is 37.6 Å². The number of ether oxygens (including phenoxy) is 7. The average Bonchev–Trinajstić information content (AvgIpc) is 3.55. The number of nitrogens with zero attached hydrogens (tertiary/aromatic N) is 1. The van der Waals surface area contributed by atoms with E-state index in [0.29, 0.717) is 5.02 Å². The number of thioether (sulfide) groups is 1. The number of imide groups is 1. The molecule has 316 valence electrons. The zero-order chi connectivity index (χ0) is 41.9. The summed E-state index contributed by atoms with van der Waals surface area (Å²) < 4.78 is 45.5. The molecule has 4 heterocycles. The highest BCUT2D eigenvalue weighted by Gasteiger charge is 2.57. The lowest BCUT2D eigenvalue weighted by Crippen LogP contribution is -2.68. The number of carbonyl (C=O) groups is 2. The third-order valence-corrected chi connectivity index (χ3v) is 12.6. The van der Waals surface area contributed by atoms with Gasteiger partial charge in [-0.3, -0.25) is 14.5 Å². The molecule has 0 spiro atoms. The van der Waals surface area contributed by atoms with E-state index in [1.54, 1.807) is 36.4 Å². The molecule has 0 aliphatic carbocycles. The fourth-order valence-corrected chi connectivity index (χ4v) is 9.44. The Bertz CT molecular complexity index is 2220. The maximum Gasteiger partial charge on any atom is 0.262 e. The van der Waals surface area contributed by atoms with E-state index in [9.17, 15) is 19.8 Å². The summed E-state index contributed by atoms with van der Waals surface area (Å²) in [4.78, 5) is 30.8. The summed E-state index contributed by atoms with van der Waals surface area (Å²) in [5, 5.41) is 23.9. The quantitative estimate of drug-likeness (QED) is 0.124. The van der Waals surface area contributed by atoms with Crippen LogP contribution >= 0.6 is 23.4 Å². The smallest absolute Gasteiger partial charge is 0.262 e. The van der Waals surface area contributed by atoms with Gasteiger partial charge in [0.2, 0.25) is 0 Å². The van der Waals surface area contributed by atoms with Crippen LogP contribution in [-0.4, -0.2) is 101 Å². The number of carbonyl (C=O) groups excluding carboxylic acids is 2. The van der Waals surface area contributed by atoms with Crippen LogP contribution in [0.4, 0.5) is 0 Å². The van der Waals surface area contributed by atoms with Gasteiger partial charge in [-0.25, -0.2) is 0 Å². The van der Waals surface area contributed by atoms with Crippen LogP contribution in [0.3, 0.4) is 0 Å². The molecular formula is C47H44ClNO11S. The van der Waals surface area contributed by atoms with Gasteiger partial charge in [-0.2, -0.15) is 0 Å². The number of rotatable bonds is 13. The Balaban J connectivity index is 1.08. The topological polar surface area (TPSA) is 142 Å². The Labute approximate surface area is 362 Å². The molecule has 5 aromatic rings. The molecule has 4 aliphatic heterocycles. The maximum atomic E-state index is 14.4. The number of fused-ring (bicyclic) bond motifs is 2. The first-order chi connectivity index (χ1) is 29.8. The first-order valence-corrected chi connectivity index (χ1v) is 21.4. The molecule has 14 heteroatoms. The lowest BCUT2D eigenvalue weighted by Gasteiger charge is -2.51. The van der Waals surface area contributed by atoms with E-state index in [-0.39, 0.29) is 37.6 Å². The Morgan fingerprint density at radius 2 is 1.30 bits per heavy atom. The monoisotopic (exact) mass is 865 g/mol. The fourth-order valence-electron chi connectivity index (χ4n) is 8.13. The van der Waals surface area contributed by atoms with Crippen molar-refractivity contribution in [3.8, 4) is 0 Å². The van der Waals surface area contributed by atoms with Gasteiger partial charge < -0.3 is 43.4 Å². The summed E-state index contributed by atoms with van der Waals surface area (Å²) in [5.74, 6) is -1.03. The van der Waals surface area contributed by atoms with Crippen molar-refractivity contribution >= 4 is 35.2 Å². The van der Waals surface area contributed by atoms with Gasteiger partial charge in [-0.05, 0) is 47.5 Å². The van der Waals surface area contributed by atoms with Crippen molar-refractivity contribution in [2.24, 2.45) is 0 Å². The third-order valence-electron chi connectivity index (χ3n) is 11.2. The molecule has 2 amide bonds. The normalized spacial score (nSPS) is 29.9. The van der Waals surface area contributed by atoms with Crippen molar-refractivity contribution in [1.29, 1.82) is 0 Å². The van der Waals surface area contributed by atoms with E-state index in [0.717, 1.165) is 21.6 Å². The van der Waals surface area contributed by atoms with E-state index in [1.807, 2.05) is 103 Å². The highest BCUT2D eigenvalue weighted by Crippen LogP contribution is 2.43. The van der Waals surface area contributed by atoms with E-state index in [4.69, 9.17) is 44.8 Å². The first-order valence-electron chi connectivity index (χ1n) is 20.1. The molecule has 9 rings (SSSR count). The van der Waals surface area contributed by atoms with Gasteiger partial charge in [0.15, 0.2) is 12.6 Å². The number of benzene rings is 5. The summed E-state index contributed by atoms with van der Waals surface area (Å²) >= 11 is 7.59. The van der Waals surface area contributed by atoms with Crippen LogP contribution in [0.15, 0.2) is 144 Å². The Hall–Kier alpha value is -4.48. The summed E-state index contributed by atoms with van der Waals surface area (Å²) in [6.45, 7) is 0.302. The van der Waals surface area contributed by atoms with Crippen molar-refractivity contribution in [2.45, 2.75) is 84.9 Å². The molecule has 5 aromatic carbocycles. The molecule has 3 fully saturated rings. The molecule has 0 bridgehead atoms. The predicted octanol–water partition coefficient (Wildman–Crippen LogP) is 6.57. The van der Waals surface area contributed by atoms with E-state index >= 15 is 0 Å². The minimum atomic E-state index is -1.60. The number of hydrogen-bond donors (Lipinski definition) is 2. The zero-order valence-electron chi connectivity index (χ0n) is 32.8. The van der Waals surface area contributed by atoms with Crippen LogP contribution in [0, 0.1) is 0 Å². The second-order valence-electron chi connectivity index (χ2n) is 15.2. The van der Waals surface area contributed by atoms with E-state index in [2.05, 4.69) is 0 Å². The van der Waals surface area contributed by atoms with Gasteiger partial charge in [0.25, 0.3) is 11.8 Å². The van der Waals surface area contributed by atoms with Crippen LogP contribution < -0.4 is 0 Å². The molecule has 4 aliphatic rings. The summed E-state index contributed by atoms with van der Waals surface area (Å²) in [6, 6.07) is 41.2. The van der Waals surface area contributed by atoms with E-state index in [1.165, 1.54) is 16.7 Å². The van der Waals surface area contributed by atoms with Gasteiger partial charge in [-0.1, -0.05) is 126 Å². The number of amides is 2. The van der Waals surface area contributed by atoms with Crippen molar-refractivity contribution in [1.82, 2.24) is 4.90 Å². The molecule has 0 radical (unpaired) electrons. The number of hydrogen-bond acceptors (Lipinski definition) is 12. The summed E-state index contributed by atoms with van der Waals surface area (Å²) in [5.41, 5.74) is 2.08. The van der Waals surface area contributed by atoms with Crippen LogP contribution in [0.1, 0.15) is 43.7 Å². The van der Waals surface area contributed by atoms with Crippen LogP contribution in [0.2, 0.25) is 5.02 Å². The lowest BCUT2D eigenvalue weighted by molar-refractivity contribution is -0.377. The van der Waals surface area contributed by atoms with Crippen molar-refractivity contribution < 1.29 is 53.0 Å². The minimum absolute atomic E-state index is 0.0281. The molecule has 2 N–H and O–H groups in total. The Morgan fingerprint density at radius 1 is 0.689 bits per heavy atom. The first kappa shape index (κ1) is 41.9. The largest absolute Gasteiger partial charge is 0.387 e. The highest BCUT2D eigenvalue weighted by molar-refractivity contribution is 7.99. The molecule has 0 saturated carbocycles. The van der Waals surface area contributed by atoms with Crippen molar-refractivity contribution in [2.75, 3.05) is 13.2 Å². The van der Waals surface area contributed by atoms with Gasteiger partial charge in [-0.15, -0.1) is 0 Å². The Kier molecular flexibility index (Phi) is 12.9. The van der Waals surface area contributed by atoms with Crippen molar-refractivity contribution in [3.63, 3.8) is 0 Å². The zero-order valence-corrected chi connectivity index (χ0v) is 34.3. The van der Waals surface area contributed by atoms with Crippen LogP contribution in [0.25, 0.3) is 0 Å². The molecular weight excluding hydrogens is 822 g/mol.